The molecule has 1 fully saturated rings. The Morgan fingerprint density at radius 1 is 1.23 bits per heavy atom. The minimum atomic E-state index is -1.00. The lowest BCUT2D eigenvalue weighted by Gasteiger charge is -2.42. The topological polar surface area (TPSA) is 91.8 Å². The summed E-state index contributed by atoms with van der Waals surface area (Å²) in [7, 11) is 1.73. The second kappa shape index (κ2) is 7.39. The van der Waals surface area contributed by atoms with E-state index in [0.717, 1.165) is 47.2 Å². The molecule has 1 aliphatic heterocycles. The summed E-state index contributed by atoms with van der Waals surface area (Å²) in [6.07, 6.45) is 1.59. The second-order valence-electron chi connectivity index (χ2n) is 7.91. The number of anilines is 1. The van der Waals surface area contributed by atoms with Gasteiger partial charge >= 0.3 is 6.09 Å². The third-order valence-corrected chi connectivity index (χ3v) is 6.82. The van der Waals surface area contributed by atoms with Crippen LogP contribution in [0.15, 0.2) is 47.2 Å². The number of thiophene rings is 1. The molecular formula is C23H21N3O4S. The maximum Gasteiger partial charge on any atom is 0.405 e. The molecule has 0 radical (unpaired) electrons. The number of benzene rings is 1. The SMILES string of the molecule is CN1C(=O)COc2nc(-c3ccc(C4(NC(=O)O)CCC4)cc3)c(-c3ccsc3)cc21. The Morgan fingerprint density at radius 2 is 2.00 bits per heavy atom. The molecule has 0 unspecified atom stereocenters. The number of carboxylic acid groups (broad SMARTS) is 1. The number of fused-ring (bicyclic) bond motifs is 1. The number of nitrogens with one attached hydrogen (secondary N) is 1. The number of ether oxygens (including phenoxy) is 1. The maximum absolute atomic E-state index is 12.1. The van der Waals surface area contributed by atoms with Crippen LogP contribution in [0.3, 0.4) is 0 Å². The molecule has 31 heavy (non-hydrogen) atoms. The van der Waals surface area contributed by atoms with Crippen molar-refractivity contribution < 1.29 is 19.4 Å². The third-order valence-electron chi connectivity index (χ3n) is 6.13. The Hall–Kier alpha value is -3.39. The summed E-state index contributed by atoms with van der Waals surface area (Å²) in [5, 5.41) is 16.0. The van der Waals surface area contributed by atoms with Crippen LogP contribution in [0.1, 0.15) is 24.8 Å². The van der Waals surface area contributed by atoms with Crippen molar-refractivity contribution in [1.29, 1.82) is 0 Å². The van der Waals surface area contributed by atoms with E-state index in [0.29, 0.717) is 11.6 Å². The van der Waals surface area contributed by atoms with Crippen molar-refractivity contribution in [3.63, 3.8) is 0 Å². The first kappa shape index (κ1) is 19.6. The quantitative estimate of drug-likeness (QED) is 0.631. The summed E-state index contributed by atoms with van der Waals surface area (Å²) >= 11 is 1.60. The molecule has 2 N–H and O–H groups in total. The lowest BCUT2D eigenvalue weighted by atomic mass is 9.71. The van der Waals surface area contributed by atoms with Gasteiger partial charge in [-0.1, -0.05) is 24.3 Å². The second-order valence-corrected chi connectivity index (χ2v) is 8.69. The lowest BCUT2D eigenvalue weighted by Crippen LogP contribution is -2.50. The van der Waals surface area contributed by atoms with Gasteiger partial charge in [0.05, 0.1) is 11.2 Å². The standard InChI is InChI=1S/C23H21N3O4S/c1-26-18-11-17(15-7-10-31-13-15)20(24-21(18)30-12-19(26)27)14-3-5-16(6-4-14)23(8-2-9-23)25-22(28)29/h3-7,10-11,13,25H,2,8-9,12H2,1H3,(H,28,29). The Labute approximate surface area is 183 Å². The maximum atomic E-state index is 12.1. The van der Waals surface area contributed by atoms with Crippen molar-refractivity contribution in [2.45, 2.75) is 24.8 Å². The van der Waals surface area contributed by atoms with E-state index in [1.807, 2.05) is 47.2 Å². The predicted octanol–water partition coefficient (Wildman–Crippen LogP) is 4.48. The molecule has 0 atom stereocenters. The van der Waals surface area contributed by atoms with Gasteiger partial charge in [-0.25, -0.2) is 9.78 Å². The molecule has 1 saturated carbocycles. The molecule has 2 aromatic heterocycles. The predicted molar refractivity (Wildman–Crippen MR) is 119 cm³/mol. The number of carbonyl (C=O) groups is 2. The Kier molecular flexibility index (Phi) is 4.66. The van der Waals surface area contributed by atoms with E-state index >= 15 is 0 Å². The van der Waals surface area contributed by atoms with Crippen LogP contribution < -0.4 is 15.0 Å². The monoisotopic (exact) mass is 435 g/mol. The van der Waals surface area contributed by atoms with Crippen molar-refractivity contribution >= 4 is 29.0 Å². The smallest absolute Gasteiger partial charge is 0.405 e. The Morgan fingerprint density at radius 3 is 2.61 bits per heavy atom. The molecule has 0 spiro atoms. The highest BCUT2D eigenvalue weighted by molar-refractivity contribution is 7.08. The van der Waals surface area contributed by atoms with Gasteiger partial charge in [-0.15, -0.1) is 0 Å². The molecule has 8 heteroatoms. The molecule has 2 amide bonds. The molecule has 158 valence electrons. The van der Waals surface area contributed by atoms with Gasteiger partial charge < -0.3 is 20.1 Å². The highest BCUT2D eigenvalue weighted by atomic mass is 32.1. The van der Waals surface area contributed by atoms with Crippen molar-refractivity contribution in [3.8, 4) is 28.3 Å². The zero-order valence-corrected chi connectivity index (χ0v) is 17.7. The summed E-state index contributed by atoms with van der Waals surface area (Å²) in [5.41, 5.74) is 4.71. The van der Waals surface area contributed by atoms with Crippen LogP contribution >= 0.6 is 11.3 Å². The zero-order valence-electron chi connectivity index (χ0n) is 16.9. The summed E-state index contributed by atoms with van der Waals surface area (Å²) in [6, 6.07) is 11.9. The first-order valence-electron chi connectivity index (χ1n) is 10.1. The Bertz CT molecular complexity index is 1150. The number of pyridine rings is 1. The summed E-state index contributed by atoms with van der Waals surface area (Å²) < 4.78 is 5.61. The molecule has 1 aromatic carbocycles. The molecular weight excluding hydrogens is 414 g/mol. The first-order valence-corrected chi connectivity index (χ1v) is 11.0. The molecule has 7 nitrogen and oxygen atoms in total. The normalized spacial score (nSPS) is 16.8. The van der Waals surface area contributed by atoms with Gasteiger partial charge in [0.2, 0.25) is 5.88 Å². The Balaban J connectivity index is 1.58. The molecule has 0 bridgehead atoms. The van der Waals surface area contributed by atoms with Gasteiger partial charge in [0, 0.05) is 18.2 Å². The van der Waals surface area contributed by atoms with E-state index in [-0.39, 0.29) is 12.5 Å². The van der Waals surface area contributed by atoms with Gasteiger partial charge in [0.1, 0.15) is 5.69 Å². The number of nitrogens with zero attached hydrogens (tertiary/aromatic N) is 2. The number of rotatable bonds is 4. The van der Waals surface area contributed by atoms with Gasteiger partial charge in [0.25, 0.3) is 5.91 Å². The van der Waals surface area contributed by atoms with Crippen LogP contribution in [0.4, 0.5) is 10.5 Å². The van der Waals surface area contributed by atoms with Gasteiger partial charge in [-0.2, -0.15) is 11.3 Å². The van der Waals surface area contributed by atoms with Crippen LogP contribution in [0.25, 0.3) is 22.4 Å². The number of aromatic nitrogens is 1. The number of hydrogen-bond donors (Lipinski definition) is 2. The van der Waals surface area contributed by atoms with E-state index in [9.17, 15) is 14.7 Å². The van der Waals surface area contributed by atoms with Crippen molar-refractivity contribution in [2.24, 2.45) is 0 Å². The van der Waals surface area contributed by atoms with E-state index in [4.69, 9.17) is 9.72 Å². The highest BCUT2D eigenvalue weighted by Crippen LogP contribution is 2.43. The molecule has 2 aliphatic rings. The van der Waals surface area contributed by atoms with Gasteiger partial charge in [0.15, 0.2) is 6.61 Å². The van der Waals surface area contributed by atoms with Crippen LogP contribution in [-0.4, -0.2) is 35.7 Å². The minimum Gasteiger partial charge on any atom is -0.466 e. The molecule has 3 aromatic rings. The van der Waals surface area contributed by atoms with Crippen LogP contribution in [0.2, 0.25) is 0 Å². The van der Waals surface area contributed by atoms with E-state index in [1.165, 1.54) is 0 Å². The van der Waals surface area contributed by atoms with Gasteiger partial charge in [-0.3, -0.25) is 4.79 Å². The summed E-state index contributed by atoms with van der Waals surface area (Å²) in [4.78, 5) is 29.7. The van der Waals surface area contributed by atoms with Crippen molar-refractivity contribution in [1.82, 2.24) is 10.3 Å². The molecule has 3 heterocycles. The number of amides is 2. The van der Waals surface area contributed by atoms with Crippen LogP contribution in [-0.2, 0) is 10.3 Å². The highest BCUT2D eigenvalue weighted by Gasteiger charge is 2.40. The van der Waals surface area contributed by atoms with E-state index < -0.39 is 11.6 Å². The number of hydrogen-bond acceptors (Lipinski definition) is 5. The van der Waals surface area contributed by atoms with E-state index in [1.54, 1.807) is 23.3 Å². The largest absolute Gasteiger partial charge is 0.466 e. The van der Waals surface area contributed by atoms with E-state index in [2.05, 4.69) is 5.32 Å². The average Bonchev–Trinajstić information content (AvgIpc) is 3.27. The van der Waals surface area contributed by atoms with Crippen molar-refractivity contribution in [2.75, 3.05) is 18.6 Å². The fraction of sp³-hybridized carbons (Fsp3) is 0.261. The molecule has 0 saturated heterocycles. The fourth-order valence-corrected chi connectivity index (χ4v) is 4.88. The first-order chi connectivity index (χ1) is 15.0. The third kappa shape index (κ3) is 3.33. The molecule has 5 rings (SSSR count). The zero-order chi connectivity index (χ0) is 21.6. The fourth-order valence-electron chi connectivity index (χ4n) is 4.22. The van der Waals surface area contributed by atoms with Gasteiger partial charge in [-0.05, 0) is 53.3 Å². The lowest BCUT2D eigenvalue weighted by molar-refractivity contribution is -0.121. The van der Waals surface area contributed by atoms with Crippen molar-refractivity contribution in [3.05, 3.63) is 52.7 Å². The van der Waals surface area contributed by atoms with Crippen LogP contribution in [0.5, 0.6) is 5.88 Å². The minimum absolute atomic E-state index is 0.0317. The summed E-state index contributed by atoms with van der Waals surface area (Å²) in [6.45, 7) is -0.0317. The number of likely N-dealkylation sites (N-methyl/N-ethyl adjacent to an activating group) is 1. The van der Waals surface area contributed by atoms with Crippen LogP contribution in [0, 0.1) is 0 Å². The average molecular weight is 436 g/mol. The summed E-state index contributed by atoms with van der Waals surface area (Å²) in [5.74, 6) is 0.322. The number of carbonyl (C=O) groups excluding carboxylic acids is 1. The molecule has 1 aliphatic carbocycles.